The van der Waals surface area contributed by atoms with Crippen LogP contribution in [0.3, 0.4) is 0 Å². The zero-order valence-corrected chi connectivity index (χ0v) is 13.6. The van der Waals surface area contributed by atoms with Gasteiger partial charge in [0.25, 0.3) is 5.91 Å². The molecule has 1 amide bonds. The van der Waals surface area contributed by atoms with Gasteiger partial charge in [0.2, 0.25) is 5.89 Å². The molecule has 1 fully saturated rings. The van der Waals surface area contributed by atoms with E-state index in [1.54, 1.807) is 18.9 Å². The molecule has 0 bridgehead atoms. The third-order valence-corrected chi connectivity index (χ3v) is 5.06. The highest BCUT2D eigenvalue weighted by molar-refractivity contribution is 7.13. The molecule has 0 unspecified atom stereocenters. The molecule has 1 saturated carbocycles. The van der Waals surface area contributed by atoms with E-state index in [1.807, 2.05) is 17.5 Å². The van der Waals surface area contributed by atoms with E-state index in [-0.39, 0.29) is 17.9 Å². The monoisotopic (exact) mass is 320 g/mol. The standard InChI is InChI=1S/C16H20N2O3S/c1-10-14(17-15(21-10)13-7-4-8-22-13)16(20)18(2)9-11-5-3-6-12(11)19/h4,7-8,11-12,19H,3,5-6,9H2,1-2H3/t11-,12-/m1/s1. The first-order chi connectivity index (χ1) is 10.6. The number of carbonyl (C=O) groups excluding carboxylic acids is 1. The number of aromatic nitrogens is 1. The Kier molecular flexibility index (Phi) is 4.31. The van der Waals surface area contributed by atoms with Crippen molar-refractivity contribution in [2.24, 2.45) is 5.92 Å². The molecule has 2 atom stereocenters. The Hall–Kier alpha value is -1.66. The average Bonchev–Trinajstić information content (AvgIpc) is 3.20. The molecule has 0 saturated heterocycles. The molecule has 5 nitrogen and oxygen atoms in total. The Morgan fingerprint density at radius 2 is 2.36 bits per heavy atom. The number of aliphatic hydroxyl groups is 1. The van der Waals surface area contributed by atoms with Crippen LogP contribution in [0.1, 0.15) is 35.5 Å². The van der Waals surface area contributed by atoms with Crippen molar-refractivity contribution in [2.45, 2.75) is 32.3 Å². The van der Waals surface area contributed by atoms with Crippen molar-refractivity contribution in [3.63, 3.8) is 0 Å². The smallest absolute Gasteiger partial charge is 0.275 e. The first kappa shape index (κ1) is 15.2. The molecule has 118 valence electrons. The molecule has 2 heterocycles. The molecule has 3 rings (SSSR count). The van der Waals surface area contributed by atoms with Gasteiger partial charge in [-0.1, -0.05) is 12.5 Å². The lowest BCUT2D eigenvalue weighted by Gasteiger charge is -2.22. The lowest BCUT2D eigenvalue weighted by atomic mass is 10.1. The fraction of sp³-hybridized carbons (Fsp3) is 0.500. The maximum atomic E-state index is 12.6. The summed E-state index contributed by atoms with van der Waals surface area (Å²) in [5, 5.41) is 11.9. The van der Waals surface area contributed by atoms with Crippen LogP contribution in [0.4, 0.5) is 0 Å². The molecule has 0 aliphatic heterocycles. The predicted molar refractivity (Wildman–Crippen MR) is 84.9 cm³/mol. The second kappa shape index (κ2) is 6.22. The molecule has 0 aromatic carbocycles. The van der Waals surface area contributed by atoms with Crippen molar-refractivity contribution >= 4 is 17.2 Å². The Morgan fingerprint density at radius 1 is 1.55 bits per heavy atom. The normalized spacial score (nSPS) is 21.2. The van der Waals surface area contributed by atoms with E-state index >= 15 is 0 Å². The number of thiophene rings is 1. The number of carbonyl (C=O) groups is 1. The van der Waals surface area contributed by atoms with Crippen LogP contribution in [0.5, 0.6) is 0 Å². The van der Waals surface area contributed by atoms with Crippen LogP contribution in [0.25, 0.3) is 10.8 Å². The maximum absolute atomic E-state index is 12.6. The van der Waals surface area contributed by atoms with Crippen LogP contribution in [0.2, 0.25) is 0 Å². The minimum absolute atomic E-state index is 0.150. The molecule has 6 heteroatoms. The van der Waals surface area contributed by atoms with Gasteiger partial charge in [0.05, 0.1) is 11.0 Å². The van der Waals surface area contributed by atoms with Crippen molar-refractivity contribution < 1.29 is 14.3 Å². The fourth-order valence-corrected chi connectivity index (χ4v) is 3.60. The van der Waals surface area contributed by atoms with E-state index in [4.69, 9.17) is 4.42 Å². The quantitative estimate of drug-likeness (QED) is 0.940. The average molecular weight is 320 g/mol. The second-order valence-corrected chi connectivity index (χ2v) is 6.79. The van der Waals surface area contributed by atoms with Crippen molar-refractivity contribution in [2.75, 3.05) is 13.6 Å². The highest BCUT2D eigenvalue weighted by Crippen LogP contribution is 2.28. The maximum Gasteiger partial charge on any atom is 0.275 e. The predicted octanol–water partition coefficient (Wildman–Crippen LogP) is 2.94. The summed E-state index contributed by atoms with van der Waals surface area (Å²) in [6.45, 7) is 2.32. The van der Waals surface area contributed by atoms with E-state index < -0.39 is 0 Å². The van der Waals surface area contributed by atoms with E-state index in [1.165, 1.54) is 11.3 Å². The van der Waals surface area contributed by atoms with Crippen LogP contribution in [-0.2, 0) is 0 Å². The van der Waals surface area contributed by atoms with Crippen molar-refractivity contribution in [1.29, 1.82) is 0 Å². The Balaban J connectivity index is 1.74. The van der Waals surface area contributed by atoms with Gasteiger partial charge in [0.15, 0.2) is 5.69 Å². The molecule has 2 aromatic heterocycles. The lowest BCUT2D eigenvalue weighted by molar-refractivity contribution is 0.0687. The van der Waals surface area contributed by atoms with Gasteiger partial charge in [0.1, 0.15) is 5.76 Å². The minimum Gasteiger partial charge on any atom is -0.440 e. The Labute approximate surface area is 133 Å². The molecule has 0 radical (unpaired) electrons. The minimum atomic E-state index is -0.296. The summed E-state index contributed by atoms with van der Waals surface area (Å²) in [6.07, 6.45) is 2.53. The molecule has 22 heavy (non-hydrogen) atoms. The van der Waals surface area contributed by atoms with Crippen LogP contribution < -0.4 is 0 Å². The first-order valence-corrected chi connectivity index (χ1v) is 8.39. The molecule has 1 aliphatic carbocycles. The number of oxazole rings is 1. The third kappa shape index (κ3) is 2.94. The highest BCUT2D eigenvalue weighted by atomic mass is 32.1. The highest BCUT2D eigenvalue weighted by Gasteiger charge is 2.29. The third-order valence-electron chi connectivity index (χ3n) is 4.21. The van der Waals surface area contributed by atoms with Crippen LogP contribution in [0, 0.1) is 12.8 Å². The topological polar surface area (TPSA) is 66.6 Å². The fourth-order valence-electron chi connectivity index (χ4n) is 2.95. The van der Waals surface area contributed by atoms with E-state index in [0.717, 1.165) is 24.1 Å². The summed E-state index contributed by atoms with van der Waals surface area (Å²) in [6, 6.07) is 3.84. The SMILES string of the molecule is Cc1oc(-c2cccs2)nc1C(=O)N(C)C[C@H]1CCC[C@H]1O. The van der Waals surface area contributed by atoms with Crippen molar-refractivity contribution in [3.05, 3.63) is 29.0 Å². The molecular weight excluding hydrogens is 300 g/mol. The summed E-state index contributed by atoms with van der Waals surface area (Å²) >= 11 is 1.53. The second-order valence-electron chi connectivity index (χ2n) is 5.85. The van der Waals surface area contributed by atoms with Gasteiger partial charge >= 0.3 is 0 Å². The molecular formula is C16H20N2O3S. The van der Waals surface area contributed by atoms with Gasteiger partial charge in [-0.3, -0.25) is 4.79 Å². The molecule has 2 aromatic rings. The zero-order valence-electron chi connectivity index (χ0n) is 12.8. The van der Waals surface area contributed by atoms with Crippen molar-refractivity contribution in [3.8, 4) is 10.8 Å². The van der Waals surface area contributed by atoms with Gasteiger partial charge in [-0.2, -0.15) is 0 Å². The number of aryl methyl sites for hydroxylation is 1. The number of aliphatic hydroxyl groups excluding tert-OH is 1. The summed E-state index contributed by atoms with van der Waals surface area (Å²) < 4.78 is 5.62. The number of rotatable bonds is 4. The van der Waals surface area contributed by atoms with Gasteiger partial charge in [-0.15, -0.1) is 11.3 Å². The van der Waals surface area contributed by atoms with Gasteiger partial charge in [-0.25, -0.2) is 4.98 Å². The lowest BCUT2D eigenvalue weighted by Crippen LogP contribution is -2.35. The van der Waals surface area contributed by atoms with Crippen molar-refractivity contribution in [1.82, 2.24) is 9.88 Å². The summed E-state index contributed by atoms with van der Waals surface area (Å²) in [4.78, 5) is 19.5. The summed E-state index contributed by atoms with van der Waals surface area (Å²) in [7, 11) is 1.76. The number of amides is 1. The molecule has 0 spiro atoms. The summed E-state index contributed by atoms with van der Waals surface area (Å²) in [5.74, 6) is 1.04. The van der Waals surface area contributed by atoms with Gasteiger partial charge < -0.3 is 14.4 Å². The number of hydrogen-bond acceptors (Lipinski definition) is 5. The van der Waals surface area contributed by atoms with E-state index in [0.29, 0.717) is 23.9 Å². The molecule has 1 N–H and O–H groups in total. The Bertz CT molecular complexity index is 650. The number of nitrogens with zero attached hydrogens (tertiary/aromatic N) is 2. The van der Waals surface area contributed by atoms with E-state index in [9.17, 15) is 9.90 Å². The number of hydrogen-bond donors (Lipinski definition) is 1. The van der Waals surface area contributed by atoms with Crippen LogP contribution >= 0.6 is 11.3 Å². The summed E-state index contributed by atoms with van der Waals surface area (Å²) in [5.41, 5.74) is 0.360. The zero-order chi connectivity index (χ0) is 15.7. The Morgan fingerprint density at radius 3 is 3.00 bits per heavy atom. The van der Waals surface area contributed by atoms with Crippen LogP contribution in [-0.4, -0.2) is 40.6 Å². The first-order valence-electron chi connectivity index (χ1n) is 7.51. The molecule has 1 aliphatic rings. The van der Waals surface area contributed by atoms with Crippen LogP contribution in [0.15, 0.2) is 21.9 Å². The van der Waals surface area contributed by atoms with E-state index in [2.05, 4.69) is 4.98 Å². The van der Waals surface area contributed by atoms with Gasteiger partial charge in [0, 0.05) is 19.5 Å². The largest absolute Gasteiger partial charge is 0.440 e. The van der Waals surface area contributed by atoms with Gasteiger partial charge in [-0.05, 0) is 31.2 Å².